The third kappa shape index (κ3) is 4.06. The van der Waals surface area contributed by atoms with Gasteiger partial charge >= 0.3 is 0 Å². The van der Waals surface area contributed by atoms with Gasteiger partial charge in [-0.1, -0.05) is 23.8 Å². The van der Waals surface area contributed by atoms with E-state index in [1.165, 1.54) is 5.56 Å². The van der Waals surface area contributed by atoms with Crippen molar-refractivity contribution in [1.29, 1.82) is 0 Å². The largest absolute Gasteiger partial charge is 0.326 e. The Morgan fingerprint density at radius 1 is 1.00 bits per heavy atom. The number of hydrogen-bond donors (Lipinski definition) is 1. The molecule has 7 nitrogen and oxygen atoms in total. The van der Waals surface area contributed by atoms with Crippen LogP contribution in [0.4, 0.5) is 5.69 Å². The Balaban J connectivity index is 1.60. The molecule has 2 heterocycles. The first-order valence-corrected chi connectivity index (χ1v) is 10.6. The summed E-state index contributed by atoms with van der Waals surface area (Å²) in [5.74, 6) is -0.149. The number of benzene rings is 2. The number of carbonyl (C=O) groups excluding carboxylic acids is 1. The second-order valence-electron chi connectivity index (χ2n) is 8.27. The van der Waals surface area contributed by atoms with Crippen LogP contribution in [0.15, 0.2) is 47.3 Å². The molecule has 1 amide bonds. The summed E-state index contributed by atoms with van der Waals surface area (Å²) in [4.78, 5) is 30.1. The molecule has 164 valence electrons. The van der Waals surface area contributed by atoms with E-state index < -0.39 is 0 Å². The molecule has 0 bridgehead atoms. The minimum Gasteiger partial charge on any atom is -0.326 e. The van der Waals surface area contributed by atoms with Gasteiger partial charge in [-0.05, 0) is 63.1 Å². The molecule has 1 N–H and O–H groups in total. The minimum atomic E-state index is -0.218. The van der Waals surface area contributed by atoms with E-state index in [2.05, 4.69) is 15.4 Å². The third-order valence-electron chi connectivity index (χ3n) is 5.78. The number of hydrogen-bond acceptors (Lipinski definition) is 4. The van der Waals surface area contributed by atoms with E-state index in [9.17, 15) is 9.59 Å². The van der Waals surface area contributed by atoms with Crippen LogP contribution in [0.1, 0.15) is 34.5 Å². The molecule has 0 unspecified atom stereocenters. The summed E-state index contributed by atoms with van der Waals surface area (Å²) in [6.07, 6.45) is 0.431. The van der Waals surface area contributed by atoms with Gasteiger partial charge in [0.05, 0.1) is 11.4 Å². The first kappa shape index (κ1) is 21.5. The summed E-state index contributed by atoms with van der Waals surface area (Å²) in [7, 11) is 1.72. The Hall–Kier alpha value is -3.74. The highest BCUT2D eigenvalue weighted by Gasteiger charge is 2.18. The second-order valence-corrected chi connectivity index (χ2v) is 8.27. The maximum absolute atomic E-state index is 13.0. The molecule has 4 rings (SSSR count). The number of rotatable bonds is 5. The molecule has 0 atom stereocenters. The van der Waals surface area contributed by atoms with Crippen LogP contribution in [0.3, 0.4) is 0 Å². The van der Waals surface area contributed by atoms with Gasteiger partial charge in [0, 0.05) is 25.6 Å². The number of nitrogens with one attached hydrogen (secondary N) is 1. The van der Waals surface area contributed by atoms with Crippen molar-refractivity contribution in [3.8, 4) is 5.69 Å². The van der Waals surface area contributed by atoms with E-state index in [1.807, 2.05) is 70.2 Å². The SMILES string of the molecule is Cc1ccc(-n2nc(C)c3nc(CCC(=O)Nc4ccc(C)c(C)c4)c(=O)n(C)c32)cc1. The van der Waals surface area contributed by atoms with Gasteiger partial charge < -0.3 is 5.32 Å². The van der Waals surface area contributed by atoms with E-state index in [-0.39, 0.29) is 24.3 Å². The average molecular weight is 430 g/mol. The maximum atomic E-state index is 13.0. The topological polar surface area (TPSA) is 81.8 Å². The van der Waals surface area contributed by atoms with Crippen molar-refractivity contribution in [2.75, 3.05) is 5.32 Å². The lowest BCUT2D eigenvalue weighted by atomic mass is 10.1. The number of fused-ring (bicyclic) bond motifs is 1. The zero-order chi connectivity index (χ0) is 23.0. The molecule has 0 saturated carbocycles. The first-order valence-electron chi connectivity index (χ1n) is 10.6. The molecular formula is C25H27N5O2. The summed E-state index contributed by atoms with van der Waals surface area (Å²) in [5, 5.41) is 7.52. The van der Waals surface area contributed by atoms with Crippen molar-refractivity contribution in [1.82, 2.24) is 19.3 Å². The van der Waals surface area contributed by atoms with Gasteiger partial charge in [0.15, 0.2) is 5.65 Å². The zero-order valence-electron chi connectivity index (χ0n) is 19.1. The predicted molar refractivity (Wildman–Crippen MR) is 126 cm³/mol. The molecular weight excluding hydrogens is 402 g/mol. The quantitative estimate of drug-likeness (QED) is 0.521. The maximum Gasteiger partial charge on any atom is 0.273 e. The molecule has 0 aliphatic rings. The van der Waals surface area contributed by atoms with Gasteiger partial charge in [0.2, 0.25) is 5.91 Å². The normalized spacial score (nSPS) is 11.2. The summed E-state index contributed by atoms with van der Waals surface area (Å²) >= 11 is 0. The number of aromatic nitrogens is 4. The summed E-state index contributed by atoms with van der Waals surface area (Å²) in [5.41, 5.74) is 7.24. The smallest absolute Gasteiger partial charge is 0.273 e. The number of aryl methyl sites for hydroxylation is 6. The number of anilines is 1. The molecule has 0 saturated heterocycles. The lowest BCUT2D eigenvalue weighted by Crippen LogP contribution is -2.25. The highest BCUT2D eigenvalue weighted by molar-refractivity contribution is 5.91. The van der Waals surface area contributed by atoms with Gasteiger partial charge in [0.1, 0.15) is 11.2 Å². The standard InChI is InChI=1S/C25H27N5O2/c1-15-6-10-20(11-7-15)30-24-23(18(4)28-30)27-21(25(32)29(24)5)12-13-22(31)26-19-9-8-16(2)17(3)14-19/h6-11,14H,12-13H2,1-5H3,(H,26,31). The van der Waals surface area contributed by atoms with Crippen molar-refractivity contribution in [2.24, 2.45) is 7.05 Å². The van der Waals surface area contributed by atoms with Crippen LogP contribution in [0.5, 0.6) is 0 Å². The monoisotopic (exact) mass is 429 g/mol. The summed E-state index contributed by atoms with van der Waals surface area (Å²) in [6.45, 7) is 7.94. The number of amides is 1. The molecule has 2 aromatic heterocycles. The van der Waals surface area contributed by atoms with Crippen LogP contribution >= 0.6 is 0 Å². The van der Waals surface area contributed by atoms with Crippen molar-refractivity contribution in [3.63, 3.8) is 0 Å². The van der Waals surface area contributed by atoms with E-state index in [4.69, 9.17) is 0 Å². The Morgan fingerprint density at radius 3 is 2.41 bits per heavy atom. The van der Waals surface area contributed by atoms with E-state index in [0.29, 0.717) is 16.9 Å². The second kappa shape index (κ2) is 8.42. The van der Waals surface area contributed by atoms with Gasteiger partial charge in [-0.3, -0.25) is 14.2 Å². The van der Waals surface area contributed by atoms with Crippen LogP contribution in [0.2, 0.25) is 0 Å². The van der Waals surface area contributed by atoms with Crippen molar-refractivity contribution in [2.45, 2.75) is 40.5 Å². The molecule has 0 aliphatic carbocycles. The van der Waals surface area contributed by atoms with Crippen molar-refractivity contribution < 1.29 is 4.79 Å². The lowest BCUT2D eigenvalue weighted by molar-refractivity contribution is -0.116. The van der Waals surface area contributed by atoms with Gasteiger partial charge in [0.25, 0.3) is 5.56 Å². The van der Waals surface area contributed by atoms with Crippen molar-refractivity contribution in [3.05, 3.63) is 80.9 Å². The summed E-state index contributed by atoms with van der Waals surface area (Å²) < 4.78 is 3.31. The fraction of sp³-hybridized carbons (Fsp3) is 0.280. The lowest BCUT2D eigenvalue weighted by Gasteiger charge is -2.10. The molecule has 7 heteroatoms. The van der Waals surface area contributed by atoms with E-state index in [0.717, 1.165) is 28.2 Å². The van der Waals surface area contributed by atoms with Crippen LogP contribution in [-0.4, -0.2) is 25.2 Å². The molecule has 32 heavy (non-hydrogen) atoms. The predicted octanol–water partition coefficient (Wildman–Crippen LogP) is 3.92. The molecule has 0 spiro atoms. The van der Waals surface area contributed by atoms with Gasteiger partial charge in [-0.15, -0.1) is 0 Å². The van der Waals surface area contributed by atoms with Gasteiger partial charge in [-0.2, -0.15) is 5.10 Å². The van der Waals surface area contributed by atoms with Crippen molar-refractivity contribution >= 4 is 22.8 Å². The van der Waals surface area contributed by atoms with E-state index in [1.54, 1.807) is 16.3 Å². The summed E-state index contributed by atoms with van der Waals surface area (Å²) in [6, 6.07) is 13.8. The Bertz CT molecular complexity index is 1380. The zero-order valence-corrected chi connectivity index (χ0v) is 19.1. The highest BCUT2D eigenvalue weighted by Crippen LogP contribution is 2.20. The number of nitrogens with zero attached hydrogens (tertiary/aromatic N) is 4. The fourth-order valence-electron chi connectivity index (χ4n) is 3.71. The highest BCUT2D eigenvalue weighted by atomic mass is 16.1. The first-order chi connectivity index (χ1) is 15.2. The number of carbonyl (C=O) groups is 1. The third-order valence-corrected chi connectivity index (χ3v) is 5.78. The van der Waals surface area contributed by atoms with Crippen LogP contribution < -0.4 is 10.9 Å². The molecule has 0 aliphatic heterocycles. The minimum absolute atomic E-state index is 0.149. The van der Waals surface area contributed by atoms with Crippen LogP contribution in [-0.2, 0) is 18.3 Å². The Morgan fingerprint density at radius 2 is 1.72 bits per heavy atom. The Kier molecular flexibility index (Phi) is 5.65. The average Bonchev–Trinajstić information content (AvgIpc) is 3.09. The Labute approximate surface area is 186 Å². The fourth-order valence-corrected chi connectivity index (χ4v) is 3.71. The van der Waals surface area contributed by atoms with E-state index >= 15 is 0 Å². The molecule has 2 aromatic carbocycles. The van der Waals surface area contributed by atoms with Gasteiger partial charge in [-0.25, -0.2) is 9.67 Å². The molecule has 0 radical (unpaired) electrons. The molecule has 4 aromatic rings. The van der Waals surface area contributed by atoms with Crippen LogP contribution in [0, 0.1) is 27.7 Å². The van der Waals surface area contributed by atoms with Crippen LogP contribution in [0.25, 0.3) is 16.9 Å². The molecule has 0 fully saturated rings.